The number of amides is 3. The first-order chi connectivity index (χ1) is 18.2. The second-order valence-electron chi connectivity index (χ2n) is 8.88. The lowest BCUT2D eigenvalue weighted by Crippen LogP contribution is -2.65. The van der Waals surface area contributed by atoms with Crippen molar-refractivity contribution >= 4 is 35.4 Å². The molecule has 0 aliphatic carbocycles. The average molecular weight is 512 g/mol. The van der Waals surface area contributed by atoms with E-state index in [9.17, 15) is 24.0 Å². The van der Waals surface area contributed by atoms with Crippen LogP contribution in [0.1, 0.15) is 30.5 Å². The predicted octanol–water partition coefficient (Wildman–Crippen LogP) is 2.97. The van der Waals surface area contributed by atoms with E-state index in [1.54, 1.807) is 72.8 Å². The van der Waals surface area contributed by atoms with Crippen molar-refractivity contribution in [1.82, 2.24) is 15.2 Å². The number of imide groups is 1. The monoisotopic (exact) mass is 511 g/mol. The molecule has 0 unspecified atom stereocenters. The summed E-state index contributed by atoms with van der Waals surface area (Å²) in [5, 5.41) is 2.58. The molecule has 0 fully saturated rings. The Labute approximate surface area is 221 Å². The number of ketones is 1. The number of carbonyl (C=O) groups excluding carboxylic acids is 5. The van der Waals surface area contributed by atoms with Gasteiger partial charge in [0, 0.05) is 44.7 Å². The van der Waals surface area contributed by atoms with Crippen LogP contribution in [0.4, 0.5) is 0 Å². The zero-order valence-electron chi connectivity index (χ0n) is 21.3. The predicted molar refractivity (Wildman–Crippen MR) is 142 cm³/mol. The fourth-order valence-corrected chi connectivity index (χ4v) is 4.35. The largest absolute Gasteiger partial charge is 0.344 e. The normalized spacial score (nSPS) is 12.9. The standard InChI is InChI=1S/C30H29N3O5/c1-21(26-14-16-31-17-15-26)28(37)30(20-34,19-25-12-8-5-9-13-25)33(23(3)36)29(38)27(32-22(2)35)18-24-10-6-4-7-11-24/h4-17,20,27H,1,18-19H2,2-3H3,(H,32,35)/t27-,30+/m0/s1. The van der Waals surface area contributed by atoms with E-state index < -0.39 is 35.1 Å². The molecule has 0 spiro atoms. The van der Waals surface area contributed by atoms with Crippen LogP contribution in [0, 0.1) is 0 Å². The molecular weight excluding hydrogens is 482 g/mol. The van der Waals surface area contributed by atoms with Gasteiger partial charge in [0.1, 0.15) is 6.04 Å². The van der Waals surface area contributed by atoms with Gasteiger partial charge < -0.3 is 10.1 Å². The Bertz CT molecular complexity index is 1330. The van der Waals surface area contributed by atoms with Gasteiger partial charge in [-0.15, -0.1) is 0 Å². The van der Waals surface area contributed by atoms with Crippen LogP contribution in [0.3, 0.4) is 0 Å². The Hall–Kier alpha value is -4.72. The molecule has 3 rings (SSSR count). The SMILES string of the molecule is C=C(C(=O)[C@](C=O)(Cc1ccccc1)N(C(C)=O)C(=O)[C@H](Cc1ccccc1)NC(C)=O)c1ccncc1. The second-order valence-corrected chi connectivity index (χ2v) is 8.88. The van der Waals surface area contributed by atoms with Crippen molar-refractivity contribution in [2.45, 2.75) is 38.3 Å². The lowest BCUT2D eigenvalue weighted by atomic mass is 9.80. The van der Waals surface area contributed by atoms with Gasteiger partial charge >= 0.3 is 0 Å². The molecule has 1 aromatic heterocycles. The summed E-state index contributed by atoms with van der Waals surface area (Å²) < 4.78 is 0. The van der Waals surface area contributed by atoms with Gasteiger partial charge in [-0.25, -0.2) is 0 Å². The molecule has 1 N–H and O–H groups in total. The Balaban J connectivity index is 2.15. The van der Waals surface area contributed by atoms with Crippen LogP contribution in [-0.2, 0) is 36.8 Å². The maximum absolute atomic E-state index is 14.1. The minimum Gasteiger partial charge on any atom is -0.344 e. The molecule has 8 heteroatoms. The minimum atomic E-state index is -2.25. The Morgan fingerprint density at radius 1 is 0.921 bits per heavy atom. The van der Waals surface area contributed by atoms with Crippen LogP contribution in [-0.4, -0.2) is 51.3 Å². The van der Waals surface area contributed by atoms with Crippen LogP contribution < -0.4 is 5.32 Å². The first kappa shape index (κ1) is 27.9. The van der Waals surface area contributed by atoms with Crippen molar-refractivity contribution in [2.75, 3.05) is 0 Å². The van der Waals surface area contributed by atoms with Crippen LogP contribution in [0.15, 0.2) is 91.8 Å². The molecule has 194 valence electrons. The molecule has 8 nitrogen and oxygen atoms in total. The molecule has 0 bridgehead atoms. The highest BCUT2D eigenvalue weighted by Crippen LogP contribution is 2.29. The van der Waals surface area contributed by atoms with Crippen LogP contribution in [0.2, 0.25) is 0 Å². The van der Waals surface area contributed by atoms with Gasteiger partial charge in [-0.2, -0.15) is 0 Å². The highest BCUT2D eigenvalue weighted by Gasteiger charge is 2.51. The molecule has 2 atom stereocenters. The van der Waals surface area contributed by atoms with Crippen molar-refractivity contribution in [3.8, 4) is 0 Å². The Kier molecular flexibility index (Phi) is 9.16. The fraction of sp³-hybridized carbons (Fsp3) is 0.200. The van der Waals surface area contributed by atoms with Gasteiger partial charge in [0.05, 0.1) is 0 Å². The van der Waals surface area contributed by atoms with Crippen molar-refractivity contribution < 1.29 is 24.0 Å². The van der Waals surface area contributed by atoms with E-state index >= 15 is 0 Å². The maximum Gasteiger partial charge on any atom is 0.253 e. The van der Waals surface area contributed by atoms with E-state index in [1.165, 1.54) is 19.3 Å². The third kappa shape index (κ3) is 6.34. The lowest BCUT2D eigenvalue weighted by molar-refractivity contribution is -0.159. The quantitative estimate of drug-likeness (QED) is 0.241. The topological polar surface area (TPSA) is 114 Å². The van der Waals surface area contributed by atoms with Crippen molar-refractivity contribution in [3.05, 3.63) is 108 Å². The smallest absolute Gasteiger partial charge is 0.253 e. The summed E-state index contributed by atoms with van der Waals surface area (Å²) in [6.45, 7) is 6.24. The summed E-state index contributed by atoms with van der Waals surface area (Å²) in [7, 11) is 0. The number of rotatable bonds is 11. The van der Waals surface area contributed by atoms with E-state index in [1.807, 2.05) is 0 Å². The molecule has 0 aliphatic rings. The van der Waals surface area contributed by atoms with E-state index in [-0.39, 0.29) is 18.4 Å². The van der Waals surface area contributed by atoms with Crippen molar-refractivity contribution in [2.24, 2.45) is 0 Å². The van der Waals surface area contributed by atoms with Gasteiger partial charge in [-0.05, 0) is 28.8 Å². The van der Waals surface area contributed by atoms with Gasteiger partial charge in [0.25, 0.3) is 5.91 Å². The zero-order valence-corrected chi connectivity index (χ0v) is 21.3. The molecule has 0 saturated heterocycles. The molecule has 0 aliphatic heterocycles. The number of pyridine rings is 1. The molecule has 2 aromatic carbocycles. The van der Waals surface area contributed by atoms with E-state index in [0.717, 1.165) is 12.5 Å². The Morgan fingerprint density at radius 3 is 1.97 bits per heavy atom. The summed E-state index contributed by atoms with van der Waals surface area (Å²) in [4.78, 5) is 70.8. The van der Waals surface area contributed by atoms with Gasteiger partial charge in [0.2, 0.25) is 11.8 Å². The third-order valence-electron chi connectivity index (χ3n) is 6.10. The molecule has 1 heterocycles. The molecular formula is C30H29N3O5. The average Bonchev–Trinajstić information content (AvgIpc) is 2.92. The van der Waals surface area contributed by atoms with E-state index in [0.29, 0.717) is 22.3 Å². The number of benzene rings is 2. The zero-order chi connectivity index (χ0) is 27.7. The van der Waals surface area contributed by atoms with Gasteiger partial charge in [-0.3, -0.25) is 29.1 Å². The number of nitrogens with zero attached hydrogens (tertiary/aromatic N) is 2. The molecule has 3 aromatic rings. The summed E-state index contributed by atoms with van der Waals surface area (Å²) in [5.41, 5.74) is -0.654. The number of aromatic nitrogens is 1. The van der Waals surface area contributed by atoms with Crippen LogP contribution in [0.5, 0.6) is 0 Å². The summed E-state index contributed by atoms with van der Waals surface area (Å²) in [6.07, 6.45) is 3.02. The first-order valence-electron chi connectivity index (χ1n) is 12.0. The summed E-state index contributed by atoms with van der Waals surface area (Å²) in [6, 6.07) is 19.4. The number of aldehydes is 1. The third-order valence-corrected chi connectivity index (χ3v) is 6.10. The molecule has 3 amide bonds. The number of carbonyl (C=O) groups is 5. The highest BCUT2D eigenvalue weighted by molar-refractivity contribution is 6.31. The highest BCUT2D eigenvalue weighted by atomic mass is 16.2. The summed E-state index contributed by atoms with van der Waals surface area (Å²) in [5.74, 6) is -3.02. The van der Waals surface area contributed by atoms with Crippen molar-refractivity contribution in [1.29, 1.82) is 0 Å². The fourth-order valence-electron chi connectivity index (χ4n) is 4.35. The number of hydrogen-bond donors (Lipinski definition) is 1. The van der Waals surface area contributed by atoms with E-state index in [4.69, 9.17) is 0 Å². The minimum absolute atomic E-state index is 0.0444. The second kappa shape index (κ2) is 12.5. The molecule has 38 heavy (non-hydrogen) atoms. The first-order valence-corrected chi connectivity index (χ1v) is 12.0. The van der Waals surface area contributed by atoms with Crippen molar-refractivity contribution in [3.63, 3.8) is 0 Å². The van der Waals surface area contributed by atoms with E-state index in [2.05, 4.69) is 16.9 Å². The number of nitrogens with one attached hydrogen (secondary N) is 1. The summed E-state index contributed by atoms with van der Waals surface area (Å²) >= 11 is 0. The number of Topliss-reactive ketones (excluding diaryl/α,β-unsaturated/α-hetero) is 1. The number of hydrogen-bond acceptors (Lipinski definition) is 6. The van der Waals surface area contributed by atoms with Gasteiger partial charge in [-0.1, -0.05) is 67.2 Å². The molecule has 0 radical (unpaired) electrons. The van der Waals surface area contributed by atoms with Crippen LogP contribution >= 0.6 is 0 Å². The maximum atomic E-state index is 14.1. The van der Waals surface area contributed by atoms with Crippen LogP contribution in [0.25, 0.3) is 5.57 Å². The Morgan fingerprint density at radius 2 is 1.47 bits per heavy atom. The lowest BCUT2D eigenvalue weighted by Gasteiger charge is -2.39. The molecule has 0 saturated carbocycles. The van der Waals surface area contributed by atoms with Gasteiger partial charge in [0.15, 0.2) is 17.6 Å².